The molecular formula is C46H45LiN2O9. The van der Waals surface area contributed by atoms with E-state index in [0.29, 0.717) is 24.3 Å². The Labute approximate surface area is 348 Å². The molecular weight excluding hydrogens is 731 g/mol. The molecule has 0 atom stereocenters. The number of rotatable bonds is 10. The quantitative estimate of drug-likeness (QED) is 0.0999. The van der Waals surface area contributed by atoms with Gasteiger partial charge in [-0.1, -0.05) is 24.3 Å². The van der Waals surface area contributed by atoms with Gasteiger partial charge in [-0.15, -0.1) is 0 Å². The molecule has 2 aliphatic carbocycles. The largest absolute Gasteiger partial charge is 1.00 e. The summed E-state index contributed by atoms with van der Waals surface area (Å²) in [4.78, 5) is 44.3. The van der Waals surface area contributed by atoms with Crippen molar-refractivity contribution in [2.24, 2.45) is 0 Å². The van der Waals surface area contributed by atoms with Crippen molar-refractivity contribution in [3.8, 4) is 23.0 Å². The first-order valence-electron chi connectivity index (χ1n) is 18.9. The minimum Gasteiger partial charge on any atom is -0.464 e. The molecule has 11 nitrogen and oxygen atoms in total. The van der Waals surface area contributed by atoms with Crippen LogP contribution >= 0.6 is 0 Å². The Kier molecular flexibility index (Phi) is 10.8. The molecule has 4 heterocycles. The SMILES string of the molecule is CC(C)(O)c1cc2cc(CC(=O)C3(c4ccc5c(c4)OCO5)CC3)ccc2[nH]1.COC(=O)c1cc2cc(CC(=O)C3(c4ccc5c(c4)OCO5)CC3)ccc2[nH]1.[CH3-].[Li+]. The number of H-pyrrole nitrogens is 2. The van der Waals surface area contributed by atoms with Crippen LogP contribution in [0.2, 0.25) is 0 Å². The first kappa shape index (κ1) is 40.7. The third-order valence-corrected chi connectivity index (χ3v) is 11.6. The van der Waals surface area contributed by atoms with Crippen molar-refractivity contribution in [1.29, 1.82) is 0 Å². The molecule has 0 saturated heterocycles. The van der Waals surface area contributed by atoms with Crippen LogP contribution in [0.5, 0.6) is 23.0 Å². The number of carbonyl (C=O) groups is 3. The fourth-order valence-electron chi connectivity index (χ4n) is 7.94. The predicted octanol–water partition coefficient (Wildman–Crippen LogP) is 4.95. The van der Waals surface area contributed by atoms with Crippen molar-refractivity contribution in [2.75, 3.05) is 20.7 Å². The van der Waals surface area contributed by atoms with Crippen molar-refractivity contribution >= 4 is 39.3 Å². The smallest absolute Gasteiger partial charge is 0.464 e. The van der Waals surface area contributed by atoms with Crippen molar-refractivity contribution in [3.05, 3.63) is 126 Å². The molecule has 6 aromatic rings. The van der Waals surface area contributed by atoms with Crippen molar-refractivity contribution < 1.29 is 62.0 Å². The van der Waals surface area contributed by atoms with E-state index >= 15 is 0 Å². The second-order valence-electron chi connectivity index (χ2n) is 15.8. The molecule has 2 aromatic heterocycles. The normalized spacial score (nSPS) is 16.1. The molecule has 12 heteroatoms. The number of hydrogen-bond donors (Lipinski definition) is 3. The number of carbonyl (C=O) groups excluding carboxylic acids is 3. The number of ether oxygens (including phenoxy) is 5. The molecule has 0 bridgehead atoms. The number of nitrogens with one attached hydrogen (secondary N) is 2. The number of aromatic amines is 2. The number of hydrogen-bond acceptors (Lipinski definition) is 9. The molecule has 294 valence electrons. The predicted molar refractivity (Wildman–Crippen MR) is 214 cm³/mol. The molecule has 58 heavy (non-hydrogen) atoms. The van der Waals surface area contributed by atoms with Gasteiger partial charge in [0.2, 0.25) is 13.6 Å². The third kappa shape index (κ3) is 7.50. The zero-order valence-electron chi connectivity index (χ0n) is 33.5. The van der Waals surface area contributed by atoms with Crippen molar-refractivity contribution in [3.63, 3.8) is 0 Å². The monoisotopic (exact) mass is 776 g/mol. The molecule has 0 spiro atoms. The zero-order chi connectivity index (χ0) is 38.8. The van der Waals surface area contributed by atoms with Crippen LogP contribution in [0.15, 0.2) is 84.9 Å². The molecule has 0 unspecified atom stereocenters. The molecule has 4 aromatic carbocycles. The van der Waals surface area contributed by atoms with Gasteiger partial charge in [-0.05, 0) is 122 Å². The van der Waals surface area contributed by atoms with Gasteiger partial charge in [0.05, 0.1) is 23.5 Å². The van der Waals surface area contributed by atoms with E-state index in [1.165, 1.54) is 7.11 Å². The summed E-state index contributed by atoms with van der Waals surface area (Å²) < 4.78 is 26.4. The second-order valence-corrected chi connectivity index (χ2v) is 15.8. The molecule has 4 aliphatic rings. The van der Waals surface area contributed by atoms with Crippen LogP contribution in [0.3, 0.4) is 0 Å². The number of ketones is 2. The summed E-state index contributed by atoms with van der Waals surface area (Å²) in [6.07, 6.45) is 4.20. The van der Waals surface area contributed by atoms with E-state index in [9.17, 15) is 19.5 Å². The van der Waals surface area contributed by atoms with Gasteiger partial charge in [-0.25, -0.2) is 4.79 Å². The van der Waals surface area contributed by atoms with Gasteiger partial charge >= 0.3 is 24.8 Å². The Balaban J connectivity index is 0.000000171. The molecule has 0 amide bonds. The number of benzene rings is 4. The second kappa shape index (κ2) is 15.4. The third-order valence-electron chi connectivity index (χ3n) is 11.6. The zero-order valence-corrected chi connectivity index (χ0v) is 33.5. The van der Waals surface area contributed by atoms with Crippen LogP contribution in [-0.4, -0.2) is 53.3 Å². The number of esters is 1. The number of methoxy groups -OCH3 is 1. The number of aromatic nitrogens is 2. The summed E-state index contributed by atoms with van der Waals surface area (Å²) in [6, 6.07) is 27.1. The van der Waals surface area contributed by atoms with Gasteiger partial charge in [0.1, 0.15) is 17.3 Å². The maximum Gasteiger partial charge on any atom is 1.00 e. The van der Waals surface area contributed by atoms with Crippen LogP contribution in [0.4, 0.5) is 0 Å². The summed E-state index contributed by atoms with van der Waals surface area (Å²) >= 11 is 0. The molecule has 3 N–H and O–H groups in total. The minimum atomic E-state index is -0.924. The number of aliphatic hydroxyl groups is 1. The van der Waals surface area contributed by atoms with Crippen LogP contribution in [0, 0.1) is 7.43 Å². The summed E-state index contributed by atoms with van der Waals surface area (Å²) in [5.74, 6) is 2.94. The van der Waals surface area contributed by atoms with Gasteiger partial charge in [0, 0.05) is 40.3 Å². The van der Waals surface area contributed by atoms with Crippen molar-refractivity contribution in [1.82, 2.24) is 9.97 Å². The van der Waals surface area contributed by atoms with Gasteiger partial charge in [-0.2, -0.15) is 0 Å². The maximum atomic E-state index is 13.2. The van der Waals surface area contributed by atoms with E-state index in [-0.39, 0.29) is 51.4 Å². The van der Waals surface area contributed by atoms with Crippen LogP contribution < -0.4 is 37.8 Å². The van der Waals surface area contributed by atoms with Gasteiger partial charge in [0.15, 0.2) is 23.0 Å². The van der Waals surface area contributed by atoms with Crippen molar-refractivity contribution in [2.45, 2.75) is 68.8 Å². The van der Waals surface area contributed by atoms with E-state index in [1.807, 2.05) is 78.9 Å². The Bertz CT molecular complexity index is 2560. The average molecular weight is 777 g/mol. The van der Waals surface area contributed by atoms with E-state index in [2.05, 4.69) is 9.97 Å². The molecule has 2 saturated carbocycles. The molecule has 0 radical (unpaired) electrons. The molecule has 2 fully saturated rings. The summed E-state index contributed by atoms with van der Waals surface area (Å²) in [5.41, 5.74) is 5.17. The summed E-state index contributed by atoms with van der Waals surface area (Å²) in [7, 11) is 1.35. The minimum absolute atomic E-state index is 0. The standard InChI is InChI=1S/C23H23NO4.C22H19NO5.CH3.Li/c1-22(2,26)20-11-15-9-14(3-5-17(15)24-20)10-21(25)23(7-8-23)16-4-6-18-19(12-16)28-13-27-18;1-26-21(25)17-10-14-8-13(2-4-16(14)23-17)9-20(24)22(6-7-22)15-3-5-18-19(11-15)28-12-27-18;;/h3-6,9,11-12,24,26H,7-8,10,13H2,1-2H3;2-5,8,10-11,23H,6-7,9,12H2,1H3;1H3;/q;;-1;+1. The fourth-order valence-corrected chi connectivity index (χ4v) is 7.94. The summed E-state index contributed by atoms with van der Waals surface area (Å²) in [6.45, 7) is 3.97. The van der Waals surface area contributed by atoms with Gasteiger partial charge in [0.25, 0.3) is 0 Å². The Hall–Kier alpha value is -5.47. The van der Waals surface area contributed by atoms with Crippen LogP contribution in [0.25, 0.3) is 21.8 Å². The Morgan fingerprint density at radius 1 is 0.655 bits per heavy atom. The first-order chi connectivity index (χ1) is 26.9. The number of Topliss-reactive ketones (excluding diaryl/α,β-unsaturated/α-hetero) is 2. The fraction of sp³-hybridized carbons (Fsp3) is 0.304. The average Bonchev–Trinajstić information content (AvgIpc) is 3.88. The van der Waals surface area contributed by atoms with Gasteiger partial charge in [-0.3, -0.25) is 9.59 Å². The van der Waals surface area contributed by atoms with E-state index in [0.717, 1.165) is 92.7 Å². The van der Waals surface area contributed by atoms with Gasteiger partial charge < -0.3 is 46.2 Å². The first-order valence-corrected chi connectivity index (χ1v) is 18.9. The Morgan fingerprint density at radius 3 is 1.59 bits per heavy atom. The van der Waals surface area contributed by atoms with E-state index in [1.54, 1.807) is 19.9 Å². The molecule has 10 rings (SSSR count). The van der Waals surface area contributed by atoms with E-state index in [4.69, 9.17) is 23.7 Å². The number of fused-ring (bicyclic) bond motifs is 4. The van der Waals surface area contributed by atoms with Crippen LogP contribution in [0.1, 0.15) is 78.0 Å². The maximum absolute atomic E-state index is 13.2. The Morgan fingerprint density at radius 2 is 1.12 bits per heavy atom. The van der Waals surface area contributed by atoms with E-state index < -0.39 is 22.4 Å². The van der Waals surface area contributed by atoms with Crippen LogP contribution in [-0.2, 0) is 43.6 Å². The topological polar surface area (TPSA) is 149 Å². The summed E-state index contributed by atoms with van der Waals surface area (Å²) in [5, 5.41) is 12.1. The molecule has 2 aliphatic heterocycles.